The monoisotopic (exact) mass is 484 g/mol. The molecule has 1 fully saturated rings. The number of ether oxygens (including phenoxy) is 2. The summed E-state index contributed by atoms with van der Waals surface area (Å²) < 4.78 is 43.2. The van der Waals surface area contributed by atoms with Crippen molar-refractivity contribution in [3.05, 3.63) is 77.6 Å². The maximum Gasteiger partial charge on any atom is 0.375 e. The SMILES string of the molecule is COc1ccc(C)cc1NC(=O)[C@H](OC(=O)c1ccc(S(=O)(=O)NC2CC2)o1)c1ccccc1. The second-order valence-corrected chi connectivity index (χ2v) is 9.55. The largest absolute Gasteiger partial charge is 0.495 e. The number of amides is 1. The van der Waals surface area contributed by atoms with Crippen LogP contribution in [-0.2, 0) is 19.6 Å². The second kappa shape index (κ2) is 9.70. The number of rotatable bonds is 9. The van der Waals surface area contributed by atoms with E-state index in [1.165, 1.54) is 19.2 Å². The molecule has 1 amide bonds. The summed E-state index contributed by atoms with van der Waals surface area (Å²) in [6, 6.07) is 16.0. The van der Waals surface area contributed by atoms with Gasteiger partial charge in [0, 0.05) is 11.6 Å². The van der Waals surface area contributed by atoms with Crippen LogP contribution < -0.4 is 14.8 Å². The zero-order valence-electron chi connectivity index (χ0n) is 18.6. The van der Waals surface area contributed by atoms with E-state index >= 15 is 0 Å². The topological polar surface area (TPSA) is 124 Å². The van der Waals surface area contributed by atoms with Gasteiger partial charge in [-0.1, -0.05) is 36.4 Å². The van der Waals surface area contributed by atoms with Crippen LogP contribution in [0.1, 0.15) is 40.6 Å². The molecule has 9 nitrogen and oxygen atoms in total. The summed E-state index contributed by atoms with van der Waals surface area (Å²) in [6.45, 7) is 1.87. The molecule has 3 aromatic rings. The Kier molecular flexibility index (Phi) is 6.71. The molecule has 0 spiro atoms. The summed E-state index contributed by atoms with van der Waals surface area (Å²) in [5.74, 6) is -1.48. The Labute approximate surface area is 197 Å². The Morgan fingerprint density at radius 2 is 1.79 bits per heavy atom. The Hall–Kier alpha value is -3.63. The van der Waals surface area contributed by atoms with Crippen LogP contribution >= 0.6 is 0 Å². The van der Waals surface area contributed by atoms with Crippen LogP contribution in [0, 0.1) is 6.92 Å². The minimum Gasteiger partial charge on any atom is -0.495 e. The van der Waals surface area contributed by atoms with E-state index in [2.05, 4.69) is 10.0 Å². The Balaban J connectivity index is 1.56. The molecular formula is C24H24N2O7S. The predicted molar refractivity (Wildman–Crippen MR) is 123 cm³/mol. The van der Waals surface area contributed by atoms with Crippen LogP contribution in [0.2, 0.25) is 0 Å². The van der Waals surface area contributed by atoms with Crippen LogP contribution in [0.3, 0.4) is 0 Å². The molecule has 0 aliphatic heterocycles. The molecule has 0 radical (unpaired) electrons. The third-order valence-corrected chi connectivity index (χ3v) is 6.52. The number of anilines is 1. The summed E-state index contributed by atoms with van der Waals surface area (Å²) in [5, 5.41) is 2.35. The summed E-state index contributed by atoms with van der Waals surface area (Å²) in [4.78, 5) is 26.0. The molecule has 2 N–H and O–H groups in total. The first-order valence-corrected chi connectivity index (χ1v) is 12.1. The molecule has 2 aromatic carbocycles. The van der Waals surface area contributed by atoms with Gasteiger partial charge in [-0.3, -0.25) is 4.79 Å². The van der Waals surface area contributed by atoms with E-state index in [0.29, 0.717) is 17.0 Å². The fraction of sp³-hybridized carbons (Fsp3) is 0.250. The summed E-state index contributed by atoms with van der Waals surface area (Å²) in [5.41, 5.74) is 1.74. The number of carbonyl (C=O) groups is 2. The first-order chi connectivity index (χ1) is 16.3. The van der Waals surface area contributed by atoms with E-state index in [-0.39, 0.29) is 11.8 Å². The fourth-order valence-corrected chi connectivity index (χ4v) is 4.47. The molecule has 10 heteroatoms. The maximum atomic E-state index is 13.2. The van der Waals surface area contributed by atoms with E-state index in [4.69, 9.17) is 13.9 Å². The summed E-state index contributed by atoms with van der Waals surface area (Å²) in [6.07, 6.45) is 0.191. The van der Waals surface area contributed by atoms with Gasteiger partial charge in [0.25, 0.3) is 15.9 Å². The number of esters is 1. The lowest BCUT2D eigenvalue weighted by Crippen LogP contribution is -2.26. The number of hydrogen-bond acceptors (Lipinski definition) is 7. The molecule has 1 aromatic heterocycles. The van der Waals surface area contributed by atoms with Crippen LogP contribution in [0.25, 0.3) is 0 Å². The first kappa shape index (κ1) is 23.5. The van der Waals surface area contributed by atoms with Gasteiger partial charge in [0.1, 0.15) is 5.75 Å². The van der Waals surface area contributed by atoms with Crippen LogP contribution in [-0.4, -0.2) is 33.4 Å². The van der Waals surface area contributed by atoms with Crippen molar-refractivity contribution in [2.45, 2.75) is 37.0 Å². The van der Waals surface area contributed by atoms with Gasteiger partial charge in [-0.2, -0.15) is 0 Å². The fourth-order valence-electron chi connectivity index (χ4n) is 3.24. The molecule has 34 heavy (non-hydrogen) atoms. The Morgan fingerprint density at radius 1 is 1.06 bits per heavy atom. The van der Waals surface area contributed by atoms with Crippen LogP contribution in [0.5, 0.6) is 5.75 Å². The lowest BCUT2D eigenvalue weighted by molar-refractivity contribution is -0.125. The first-order valence-electron chi connectivity index (χ1n) is 10.6. The van der Waals surface area contributed by atoms with Crippen molar-refractivity contribution in [1.29, 1.82) is 0 Å². The smallest absolute Gasteiger partial charge is 0.375 e. The molecule has 0 unspecified atom stereocenters. The van der Waals surface area contributed by atoms with Gasteiger partial charge in [-0.15, -0.1) is 0 Å². The number of methoxy groups -OCH3 is 1. The van der Waals surface area contributed by atoms with Gasteiger partial charge in [0.05, 0.1) is 12.8 Å². The van der Waals surface area contributed by atoms with E-state index < -0.39 is 33.1 Å². The lowest BCUT2D eigenvalue weighted by Gasteiger charge is -2.18. The van der Waals surface area contributed by atoms with Gasteiger partial charge in [-0.05, 0) is 49.6 Å². The average Bonchev–Trinajstić information content (AvgIpc) is 3.46. The van der Waals surface area contributed by atoms with Gasteiger partial charge >= 0.3 is 5.97 Å². The highest BCUT2D eigenvalue weighted by molar-refractivity contribution is 7.89. The average molecular weight is 485 g/mol. The van der Waals surface area contributed by atoms with Crippen molar-refractivity contribution in [3.63, 3.8) is 0 Å². The van der Waals surface area contributed by atoms with E-state index in [1.807, 2.05) is 13.0 Å². The molecular weight excluding hydrogens is 460 g/mol. The highest BCUT2D eigenvalue weighted by Gasteiger charge is 2.32. The number of furan rings is 1. The molecule has 1 aliphatic rings. The summed E-state index contributed by atoms with van der Waals surface area (Å²) >= 11 is 0. The Morgan fingerprint density at radius 3 is 2.47 bits per heavy atom. The zero-order valence-corrected chi connectivity index (χ0v) is 19.4. The van der Waals surface area contributed by atoms with Gasteiger partial charge in [0.15, 0.2) is 0 Å². The number of benzene rings is 2. The lowest BCUT2D eigenvalue weighted by atomic mass is 10.1. The van der Waals surface area contributed by atoms with Gasteiger partial charge in [0.2, 0.25) is 17.0 Å². The van der Waals surface area contributed by atoms with Crippen LogP contribution in [0.4, 0.5) is 5.69 Å². The van der Waals surface area contributed by atoms with E-state index in [0.717, 1.165) is 18.4 Å². The van der Waals surface area contributed by atoms with Gasteiger partial charge in [-0.25, -0.2) is 17.9 Å². The van der Waals surface area contributed by atoms with Crippen molar-refractivity contribution in [3.8, 4) is 5.75 Å². The minimum absolute atomic E-state index is 0.115. The third-order valence-electron chi connectivity index (χ3n) is 5.12. The van der Waals surface area contributed by atoms with E-state index in [9.17, 15) is 18.0 Å². The normalized spacial score (nSPS) is 14.3. The number of carbonyl (C=O) groups excluding carboxylic acids is 2. The van der Waals surface area contributed by atoms with Gasteiger partial charge < -0.3 is 19.2 Å². The quantitative estimate of drug-likeness (QED) is 0.445. The maximum absolute atomic E-state index is 13.2. The number of nitrogens with one attached hydrogen (secondary N) is 2. The highest BCUT2D eigenvalue weighted by Crippen LogP contribution is 2.29. The van der Waals surface area contributed by atoms with Crippen molar-refractivity contribution in [2.75, 3.05) is 12.4 Å². The molecule has 178 valence electrons. The molecule has 1 heterocycles. The zero-order chi connectivity index (χ0) is 24.3. The molecule has 1 aliphatic carbocycles. The van der Waals surface area contributed by atoms with Crippen molar-refractivity contribution in [2.24, 2.45) is 0 Å². The molecule has 1 saturated carbocycles. The number of aryl methyl sites for hydroxylation is 1. The predicted octanol–water partition coefficient (Wildman–Crippen LogP) is 3.57. The standard InChI is InChI=1S/C24H24N2O7S/c1-15-8-11-19(31-2)18(14-15)25-23(27)22(16-6-4-3-5-7-16)33-24(28)20-12-13-21(32-20)34(29,30)26-17-9-10-17/h3-8,11-14,17,22,26H,9-10H2,1-2H3,(H,25,27)/t22-/m1/s1. The number of sulfonamides is 1. The molecule has 0 bridgehead atoms. The summed E-state index contributed by atoms with van der Waals surface area (Å²) in [7, 11) is -2.39. The van der Waals surface area contributed by atoms with Crippen molar-refractivity contribution in [1.82, 2.24) is 4.72 Å². The third kappa shape index (κ3) is 5.46. The minimum atomic E-state index is -3.88. The van der Waals surface area contributed by atoms with Crippen molar-refractivity contribution < 1.29 is 31.9 Å². The second-order valence-electron chi connectivity index (χ2n) is 7.90. The number of hydrogen-bond donors (Lipinski definition) is 2. The Bertz CT molecular complexity index is 1300. The molecule has 0 saturated heterocycles. The highest BCUT2D eigenvalue weighted by atomic mass is 32.2. The van der Waals surface area contributed by atoms with Crippen LogP contribution in [0.15, 0.2) is 70.2 Å². The molecule has 1 atom stereocenters. The van der Waals surface area contributed by atoms with E-state index in [1.54, 1.807) is 42.5 Å². The molecule has 4 rings (SSSR count). The van der Waals surface area contributed by atoms with Crippen molar-refractivity contribution >= 4 is 27.6 Å².